The van der Waals surface area contributed by atoms with Crippen molar-refractivity contribution in [3.63, 3.8) is 0 Å². The number of anilines is 2. The highest BCUT2D eigenvalue weighted by atomic mass is 19.1. The Morgan fingerprint density at radius 1 is 1.11 bits per heavy atom. The molecule has 3 aromatic carbocycles. The summed E-state index contributed by atoms with van der Waals surface area (Å²) in [7, 11) is 3.72. The molecule has 1 aliphatic rings. The minimum absolute atomic E-state index is 0.229. The van der Waals surface area contributed by atoms with Crippen molar-refractivity contribution in [1.82, 2.24) is 14.9 Å². The number of piperidine rings is 1. The summed E-state index contributed by atoms with van der Waals surface area (Å²) in [5.74, 6) is 1.03. The van der Waals surface area contributed by atoms with Gasteiger partial charge in [0.15, 0.2) is 11.5 Å². The van der Waals surface area contributed by atoms with Gasteiger partial charge < -0.3 is 25.4 Å². The highest BCUT2D eigenvalue weighted by molar-refractivity contribution is 6.00. The highest BCUT2D eigenvalue weighted by Gasteiger charge is 2.19. The van der Waals surface area contributed by atoms with Gasteiger partial charge in [-0.05, 0) is 74.3 Å². The number of primary amides is 1. The zero-order chi connectivity index (χ0) is 26.6. The lowest BCUT2D eigenvalue weighted by Crippen LogP contribution is -2.32. The van der Waals surface area contributed by atoms with E-state index in [9.17, 15) is 4.79 Å². The second-order valence-electron chi connectivity index (χ2n) is 9.53. The Hall–Kier alpha value is -4.24. The van der Waals surface area contributed by atoms with Crippen LogP contribution in [0.4, 0.5) is 15.9 Å². The number of carbonyl (C=O) groups excluding carboxylic acids is 1. The van der Waals surface area contributed by atoms with Crippen molar-refractivity contribution in [1.29, 1.82) is 0 Å². The van der Waals surface area contributed by atoms with Gasteiger partial charge in [-0.3, -0.25) is 4.79 Å². The van der Waals surface area contributed by atoms with E-state index in [0.717, 1.165) is 25.9 Å². The van der Waals surface area contributed by atoms with Gasteiger partial charge in [0, 0.05) is 17.0 Å². The molecule has 4 aromatic rings. The lowest BCUT2D eigenvalue weighted by Gasteiger charge is -2.28. The summed E-state index contributed by atoms with van der Waals surface area (Å²) >= 11 is 0. The van der Waals surface area contributed by atoms with Gasteiger partial charge in [0.25, 0.3) is 0 Å². The fourth-order valence-electron chi connectivity index (χ4n) is 4.73. The van der Waals surface area contributed by atoms with Crippen LogP contribution in [0.15, 0.2) is 60.9 Å². The van der Waals surface area contributed by atoms with Gasteiger partial charge >= 0.3 is 0 Å². The average molecular weight is 516 g/mol. The fourth-order valence-corrected chi connectivity index (χ4v) is 4.73. The van der Waals surface area contributed by atoms with Gasteiger partial charge in [-0.2, -0.15) is 0 Å². The number of methoxy groups -OCH3 is 1. The molecule has 9 heteroatoms. The lowest BCUT2D eigenvalue weighted by atomic mass is 9.98. The Kier molecular flexibility index (Phi) is 7.37. The van der Waals surface area contributed by atoms with E-state index < -0.39 is 11.7 Å². The Bertz CT molecular complexity index is 1470. The van der Waals surface area contributed by atoms with Gasteiger partial charge in [0.05, 0.1) is 24.9 Å². The quantitative estimate of drug-likeness (QED) is 0.340. The number of benzene rings is 3. The summed E-state index contributed by atoms with van der Waals surface area (Å²) in [6.07, 6.45) is 3.62. The summed E-state index contributed by atoms with van der Waals surface area (Å²) in [4.78, 5) is 22.9. The third-order valence-corrected chi connectivity index (χ3v) is 6.96. The van der Waals surface area contributed by atoms with Crippen molar-refractivity contribution in [2.45, 2.75) is 12.8 Å². The molecule has 1 amide bonds. The predicted octanol–water partition coefficient (Wildman–Crippen LogP) is 5.01. The van der Waals surface area contributed by atoms with Crippen LogP contribution in [0.3, 0.4) is 0 Å². The standard InChI is InChI=1S/C29H30FN5O3/c1-35-11-9-18(10-12-35)16-38-27-15-25-22(14-26(27)37-2)29(33-17-32-25)34-24-8-7-19(13-23(24)30)20-5-3-4-6-21(20)28(31)36/h3-8,13-15,17-18H,9-12,16H2,1-2H3,(H2,31,36)(H,32,33,34). The van der Waals surface area contributed by atoms with Crippen LogP contribution in [-0.2, 0) is 0 Å². The molecule has 0 bridgehead atoms. The monoisotopic (exact) mass is 515 g/mol. The predicted molar refractivity (Wildman–Crippen MR) is 145 cm³/mol. The summed E-state index contributed by atoms with van der Waals surface area (Å²) in [6, 6.07) is 15.2. The third kappa shape index (κ3) is 5.38. The first-order chi connectivity index (χ1) is 18.4. The van der Waals surface area contributed by atoms with E-state index in [-0.39, 0.29) is 5.69 Å². The molecule has 0 aliphatic carbocycles. The highest BCUT2D eigenvalue weighted by Crippen LogP contribution is 2.36. The molecule has 196 valence electrons. The smallest absolute Gasteiger partial charge is 0.249 e. The molecule has 1 saturated heterocycles. The summed E-state index contributed by atoms with van der Waals surface area (Å²) in [6.45, 7) is 2.75. The first kappa shape index (κ1) is 25.4. The number of carbonyl (C=O) groups is 1. The van der Waals surface area contributed by atoms with E-state index in [1.165, 1.54) is 12.4 Å². The van der Waals surface area contributed by atoms with Gasteiger partial charge in [-0.25, -0.2) is 14.4 Å². The minimum Gasteiger partial charge on any atom is -0.493 e. The number of ether oxygens (including phenoxy) is 2. The molecule has 3 N–H and O–H groups in total. The van der Waals surface area contributed by atoms with E-state index in [2.05, 4.69) is 27.2 Å². The van der Waals surface area contributed by atoms with Crippen LogP contribution in [0.2, 0.25) is 0 Å². The maximum Gasteiger partial charge on any atom is 0.249 e. The van der Waals surface area contributed by atoms with Gasteiger partial charge in [-0.15, -0.1) is 0 Å². The molecule has 0 radical (unpaired) electrons. The maximum absolute atomic E-state index is 15.2. The lowest BCUT2D eigenvalue weighted by molar-refractivity contribution is 0.100. The number of halogens is 1. The fraction of sp³-hybridized carbons (Fsp3) is 0.276. The second-order valence-corrected chi connectivity index (χ2v) is 9.53. The molecule has 8 nitrogen and oxygen atoms in total. The molecule has 1 aromatic heterocycles. The van der Waals surface area contributed by atoms with Crippen molar-refractivity contribution < 1.29 is 18.7 Å². The van der Waals surface area contributed by atoms with Gasteiger partial charge in [0.1, 0.15) is 18.0 Å². The van der Waals surface area contributed by atoms with Crippen LogP contribution in [0.25, 0.3) is 22.0 Å². The molecule has 5 rings (SSSR count). The normalized spacial score (nSPS) is 14.4. The molecule has 0 atom stereocenters. The number of hydrogen-bond donors (Lipinski definition) is 2. The zero-order valence-electron chi connectivity index (χ0n) is 21.4. The first-order valence-corrected chi connectivity index (χ1v) is 12.5. The van der Waals surface area contributed by atoms with Crippen molar-refractivity contribution in [2.75, 3.05) is 39.2 Å². The minimum atomic E-state index is -0.570. The van der Waals surface area contributed by atoms with Crippen LogP contribution in [0.5, 0.6) is 11.5 Å². The molecule has 38 heavy (non-hydrogen) atoms. The van der Waals surface area contributed by atoms with Crippen molar-refractivity contribution in [3.8, 4) is 22.6 Å². The maximum atomic E-state index is 15.2. The third-order valence-electron chi connectivity index (χ3n) is 6.96. The number of hydrogen-bond acceptors (Lipinski definition) is 7. The summed E-state index contributed by atoms with van der Waals surface area (Å²) in [5, 5.41) is 3.74. The Labute approximate surface area is 220 Å². The van der Waals surface area contributed by atoms with Crippen LogP contribution >= 0.6 is 0 Å². The number of likely N-dealkylation sites (tertiary alicyclic amines) is 1. The number of fused-ring (bicyclic) bond motifs is 1. The Balaban J connectivity index is 1.39. The largest absolute Gasteiger partial charge is 0.493 e. The molecular weight excluding hydrogens is 485 g/mol. The zero-order valence-corrected chi connectivity index (χ0v) is 21.4. The van der Waals surface area contributed by atoms with Crippen LogP contribution < -0.4 is 20.5 Å². The van der Waals surface area contributed by atoms with Crippen LogP contribution in [-0.4, -0.2) is 54.6 Å². The average Bonchev–Trinajstić information content (AvgIpc) is 2.93. The summed E-state index contributed by atoms with van der Waals surface area (Å²) < 4.78 is 27.0. The summed E-state index contributed by atoms with van der Waals surface area (Å²) in [5.41, 5.74) is 7.81. The van der Waals surface area contributed by atoms with Gasteiger partial charge in [-0.1, -0.05) is 24.3 Å². The van der Waals surface area contributed by atoms with Crippen molar-refractivity contribution >= 4 is 28.3 Å². The molecular formula is C29H30FN5O3. The molecule has 1 aliphatic heterocycles. The van der Waals surface area contributed by atoms with Crippen LogP contribution in [0, 0.1) is 11.7 Å². The number of nitrogens with zero attached hydrogens (tertiary/aromatic N) is 3. The van der Waals surface area contributed by atoms with E-state index in [4.69, 9.17) is 15.2 Å². The van der Waals surface area contributed by atoms with E-state index in [1.54, 1.807) is 49.6 Å². The Morgan fingerprint density at radius 3 is 2.63 bits per heavy atom. The van der Waals surface area contributed by atoms with Crippen molar-refractivity contribution in [3.05, 3.63) is 72.3 Å². The van der Waals surface area contributed by atoms with Gasteiger partial charge in [0.2, 0.25) is 5.91 Å². The van der Waals surface area contributed by atoms with Crippen LogP contribution in [0.1, 0.15) is 23.2 Å². The number of aromatic nitrogens is 2. The van der Waals surface area contributed by atoms with E-state index >= 15 is 4.39 Å². The van der Waals surface area contributed by atoms with Crippen molar-refractivity contribution in [2.24, 2.45) is 11.7 Å². The molecule has 0 saturated carbocycles. The number of nitrogens with one attached hydrogen (secondary N) is 1. The number of nitrogens with two attached hydrogens (primary N) is 1. The topological polar surface area (TPSA) is 103 Å². The number of rotatable bonds is 8. The molecule has 1 fully saturated rings. The second kappa shape index (κ2) is 11.0. The van der Waals surface area contributed by atoms with E-state index in [0.29, 0.717) is 57.4 Å². The first-order valence-electron chi connectivity index (χ1n) is 12.5. The molecule has 2 heterocycles. The number of amides is 1. The Morgan fingerprint density at radius 2 is 1.89 bits per heavy atom. The van der Waals surface area contributed by atoms with E-state index in [1.807, 2.05) is 6.07 Å². The molecule has 0 unspecified atom stereocenters. The SMILES string of the molecule is COc1cc2c(Nc3ccc(-c4ccccc4C(N)=O)cc3F)ncnc2cc1OCC1CCN(C)CC1. The molecule has 0 spiro atoms.